The van der Waals surface area contributed by atoms with E-state index in [0.717, 1.165) is 11.4 Å². The Kier molecular flexibility index (Phi) is 4.57. The number of imidazole rings is 2. The number of aromatic hydroxyl groups is 2. The van der Waals surface area contributed by atoms with Crippen molar-refractivity contribution in [3.05, 3.63) is 86.0 Å². The fraction of sp³-hybridized carbons (Fsp3) is 0. The molecule has 0 saturated heterocycles. The highest BCUT2D eigenvalue weighted by Crippen LogP contribution is 2.13. The van der Waals surface area contributed by atoms with Crippen molar-refractivity contribution in [3.63, 3.8) is 0 Å². The second-order valence-electron chi connectivity index (χ2n) is 4.97. The Morgan fingerprint density at radius 3 is 1.25 bits per heavy atom. The van der Waals surface area contributed by atoms with Crippen LogP contribution < -0.4 is 0 Å². The zero-order valence-electron chi connectivity index (χ0n) is 12.8. The Morgan fingerprint density at radius 1 is 0.583 bits per heavy atom. The predicted molar refractivity (Wildman–Crippen MR) is 90.5 cm³/mol. The minimum Gasteiger partial charge on any atom is -0.508 e. The van der Waals surface area contributed by atoms with Gasteiger partial charge >= 0.3 is 0 Å². The van der Waals surface area contributed by atoms with E-state index in [9.17, 15) is 0 Å². The highest BCUT2D eigenvalue weighted by atomic mass is 16.3. The summed E-state index contributed by atoms with van der Waals surface area (Å²) < 4.78 is 3.75. The van der Waals surface area contributed by atoms with Gasteiger partial charge in [0, 0.05) is 36.2 Å². The van der Waals surface area contributed by atoms with Crippen LogP contribution in [-0.4, -0.2) is 29.3 Å². The Morgan fingerprint density at radius 2 is 0.958 bits per heavy atom. The van der Waals surface area contributed by atoms with Gasteiger partial charge in [0.05, 0.1) is 12.7 Å². The maximum absolute atomic E-state index is 9.03. The molecule has 6 nitrogen and oxygen atoms in total. The molecule has 2 heterocycles. The zero-order chi connectivity index (χ0) is 16.8. The van der Waals surface area contributed by atoms with Gasteiger partial charge in [0.2, 0.25) is 0 Å². The van der Waals surface area contributed by atoms with Crippen LogP contribution in [0.3, 0.4) is 0 Å². The molecule has 0 aliphatic heterocycles. The summed E-state index contributed by atoms with van der Waals surface area (Å²) in [5, 5.41) is 18.1. The second-order valence-corrected chi connectivity index (χ2v) is 4.97. The Balaban J connectivity index is 0.000000141. The van der Waals surface area contributed by atoms with Gasteiger partial charge in [-0.3, -0.25) is 0 Å². The van der Waals surface area contributed by atoms with Crippen LogP contribution in [0.1, 0.15) is 0 Å². The first kappa shape index (κ1) is 15.4. The Labute approximate surface area is 138 Å². The van der Waals surface area contributed by atoms with Gasteiger partial charge in [-0.25, -0.2) is 9.97 Å². The first-order valence-corrected chi connectivity index (χ1v) is 7.27. The van der Waals surface area contributed by atoms with E-state index in [1.807, 2.05) is 45.8 Å². The van der Waals surface area contributed by atoms with E-state index in [2.05, 4.69) is 9.97 Å². The lowest BCUT2D eigenvalue weighted by Gasteiger charge is -2.00. The van der Waals surface area contributed by atoms with Gasteiger partial charge in [0.25, 0.3) is 0 Å². The smallest absolute Gasteiger partial charge is 0.115 e. The molecule has 0 fully saturated rings. The summed E-state index contributed by atoms with van der Waals surface area (Å²) in [6.07, 6.45) is 10.6. The molecule has 2 aromatic heterocycles. The van der Waals surface area contributed by atoms with Gasteiger partial charge in [-0.05, 0) is 48.5 Å². The number of aromatic nitrogens is 4. The number of nitrogens with zero attached hydrogens (tertiary/aromatic N) is 4. The van der Waals surface area contributed by atoms with Crippen molar-refractivity contribution in [2.45, 2.75) is 0 Å². The molecular weight excluding hydrogens is 304 g/mol. The van der Waals surface area contributed by atoms with Crippen molar-refractivity contribution >= 4 is 0 Å². The summed E-state index contributed by atoms with van der Waals surface area (Å²) in [5.41, 5.74) is 1.98. The summed E-state index contributed by atoms with van der Waals surface area (Å²) in [6.45, 7) is 0. The molecule has 0 radical (unpaired) electrons. The molecule has 2 aromatic carbocycles. The predicted octanol–water partition coefficient (Wildman–Crippen LogP) is 3.16. The third-order valence-corrected chi connectivity index (χ3v) is 3.30. The summed E-state index contributed by atoms with van der Waals surface area (Å²) >= 11 is 0. The van der Waals surface area contributed by atoms with Crippen molar-refractivity contribution in [1.82, 2.24) is 19.1 Å². The minimum absolute atomic E-state index is 0.277. The molecule has 24 heavy (non-hydrogen) atoms. The Hall–Kier alpha value is -3.54. The topological polar surface area (TPSA) is 76.1 Å². The molecule has 0 aliphatic carbocycles. The van der Waals surface area contributed by atoms with Crippen molar-refractivity contribution in [2.75, 3.05) is 0 Å². The summed E-state index contributed by atoms with van der Waals surface area (Å²) in [5.74, 6) is 0.553. The van der Waals surface area contributed by atoms with Crippen LogP contribution in [0.4, 0.5) is 0 Å². The molecule has 120 valence electrons. The van der Waals surface area contributed by atoms with Crippen LogP contribution in [-0.2, 0) is 0 Å². The van der Waals surface area contributed by atoms with Gasteiger partial charge < -0.3 is 19.3 Å². The molecule has 2 N–H and O–H groups in total. The summed E-state index contributed by atoms with van der Waals surface area (Å²) in [6, 6.07) is 13.9. The monoisotopic (exact) mass is 320 g/mol. The van der Waals surface area contributed by atoms with Crippen molar-refractivity contribution in [3.8, 4) is 22.9 Å². The molecule has 0 aliphatic rings. The van der Waals surface area contributed by atoms with Crippen molar-refractivity contribution in [2.24, 2.45) is 0 Å². The van der Waals surface area contributed by atoms with Crippen molar-refractivity contribution in [1.29, 1.82) is 0 Å². The van der Waals surface area contributed by atoms with E-state index in [0.29, 0.717) is 0 Å². The van der Waals surface area contributed by atoms with Gasteiger partial charge in [-0.2, -0.15) is 0 Å². The molecule has 0 amide bonds. The minimum atomic E-state index is 0.277. The number of hydrogen-bond acceptors (Lipinski definition) is 4. The van der Waals surface area contributed by atoms with Gasteiger partial charge in [-0.1, -0.05) is 0 Å². The average Bonchev–Trinajstić information content (AvgIpc) is 3.31. The number of benzene rings is 2. The molecule has 0 saturated carbocycles. The molecule has 4 aromatic rings. The van der Waals surface area contributed by atoms with Crippen molar-refractivity contribution < 1.29 is 10.2 Å². The van der Waals surface area contributed by atoms with Gasteiger partial charge in [0.1, 0.15) is 11.5 Å². The van der Waals surface area contributed by atoms with E-state index in [1.54, 1.807) is 49.3 Å². The SMILES string of the molecule is Oc1ccc(-n2ccnc2)cc1.Oc1ccc(-n2ccnc2)cc1. The molecule has 4 rings (SSSR count). The fourth-order valence-electron chi connectivity index (χ4n) is 2.07. The summed E-state index contributed by atoms with van der Waals surface area (Å²) in [7, 11) is 0. The molecule has 0 bridgehead atoms. The lowest BCUT2D eigenvalue weighted by atomic mass is 10.3. The maximum Gasteiger partial charge on any atom is 0.115 e. The van der Waals surface area contributed by atoms with Crippen LogP contribution in [0.2, 0.25) is 0 Å². The van der Waals surface area contributed by atoms with E-state index in [1.165, 1.54) is 0 Å². The number of hydrogen-bond donors (Lipinski definition) is 2. The average molecular weight is 320 g/mol. The third-order valence-electron chi connectivity index (χ3n) is 3.30. The highest BCUT2D eigenvalue weighted by Gasteiger charge is 1.94. The van der Waals surface area contributed by atoms with Crippen LogP contribution in [0.5, 0.6) is 11.5 Å². The quantitative estimate of drug-likeness (QED) is 0.595. The lowest BCUT2D eigenvalue weighted by Crippen LogP contribution is -1.87. The van der Waals surface area contributed by atoms with E-state index < -0.39 is 0 Å². The lowest BCUT2D eigenvalue weighted by molar-refractivity contribution is 0.474. The molecular formula is C18H16N4O2. The van der Waals surface area contributed by atoms with E-state index in [-0.39, 0.29) is 11.5 Å². The zero-order valence-corrected chi connectivity index (χ0v) is 12.8. The fourth-order valence-corrected chi connectivity index (χ4v) is 2.07. The molecule has 0 atom stereocenters. The summed E-state index contributed by atoms with van der Waals surface area (Å²) in [4.78, 5) is 7.84. The van der Waals surface area contributed by atoms with Crippen LogP contribution in [0.25, 0.3) is 11.4 Å². The number of phenolic OH excluding ortho intramolecular Hbond substituents is 2. The van der Waals surface area contributed by atoms with Crippen LogP contribution in [0, 0.1) is 0 Å². The second kappa shape index (κ2) is 7.15. The van der Waals surface area contributed by atoms with E-state index in [4.69, 9.17) is 10.2 Å². The Bertz CT molecular complexity index is 777. The maximum atomic E-state index is 9.03. The molecule has 0 spiro atoms. The molecule has 6 heteroatoms. The molecule has 0 unspecified atom stereocenters. The largest absolute Gasteiger partial charge is 0.508 e. The first-order chi connectivity index (χ1) is 11.7. The first-order valence-electron chi connectivity index (χ1n) is 7.27. The third kappa shape index (κ3) is 3.80. The normalized spacial score (nSPS) is 10.0. The number of phenols is 2. The van der Waals surface area contributed by atoms with Gasteiger partial charge in [0.15, 0.2) is 0 Å². The van der Waals surface area contributed by atoms with Crippen LogP contribution in [0.15, 0.2) is 86.0 Å². The van der Waals surface area contributed by atoms with Crippen LogP contribution >= 0.6 is 0 Å². The van der Waals surface area contributed by atoms with E-state index >= 15 is 0 Å². The van der Waals surface area contributed by atoms with Gasteiger partial charge in [-0.15, -0.1) is 0 Å². The highest BCUT2D eigenvalue weighted by molar-refractivity contribution is 5.37. The number of rotatable bonds is 2. The standard InChI is InChI=1S/2C9H8N2O/c2*12-9-3-1-8(2-4-9)11-6-5-10-7-11/h2*1-7,12H.